The monoisotopic (exact) mass is 444 g/mol. The van der Waals surface area contributed by atoms with Crippen LogP contribution in [0.3, 0.4) is 0 Å². The Morgan fingerprint density at radius 2 is 1.68 bits per heavy atom. The molecule has 7 heteroatoms. The second kappa shape index (κ2) is 10.3. The van der Waals surface area contributed by atoms with Crippen LogP contribution in [0.4, 0.5) is 0 Å². The molecule has 1 fully saturated rings. The van der Waals surface area contributed by atoms with Crippen LogP contribution in [0.25, 0.3) is 0 Å². The minimum absolute atomic E-state index is 0.104. The van der Waals surface area contributed by atoms with Crippen molar-refractivity contribution in [2.24, 2.45) is 0 Å². The zero-order valence-electron chi connectivity index (χ0n) is 18.6. The van der Waals surface area contributed by atoms with Crippen molar-refractivity contribution in [3.05, 3.63) is 59.2 Å². The summed E-state index contributed by atoms with van der Waals surface area (Å²) in [5.41, 5.74) is 1.94. The molecule has 1 N–H and O–H groups in total. The lowest BCUT2D eigenvalue weighted by atomic mass is 10.1. The third-order valence-electron chi connectivity index (χ3n) is 5.38. The first-order chi connectivity index (χ1) is 14.8. The molecule has 6 nitrogen and oxygen atoms in total. The number of ether oxygens (including phenoxy) is 1. The van der Waals surface area contributed by atoms with Gasteiger partial charge in [-0.1, -0.05) is 31.0 Å². The van der Waals surface area contributed by atoms with E-state index in [2.05, 4.69) is 5.32 Å². The highest BCUT2D eigenvalue weighted by atomic mass is 32.2. The summed E-state index contributed by atoms with van der Waals surface area (Å²) in [4.78, 5) is 12.9. The summed E-state index contributed by atoms with van der Waals surface area (Å²) < 4.78 is 33.6. The van der Waals surface area contributed by atoms with Crippen molar-refractivity contribution in [3.8, 4) is 5.75 Å². The number of carbonyl (C=O) groups excluding carboxylic acids is 1. The second-order valence-corrected chi connectivity index (χ2v) is 10.2. The topological polar surface area (TPSA) is 75.7 Å². The van der Waals surface area contributed by atoms with Gasteiger partial charge in [0.25, 0.3) is 5.91 Å². The number of sulfonamides is 1. The molecule has 0 aromatic heterocycles. The summed E-state index contributed by atoms with van der Waals surface area (Å²) in [5, 5.41) is 2.87. The maximum Gasteiger partial charge on any atom is 0.251 e. The average molecular weight is 445 g/mol. The van der Waals surface area contributed by atoms with Gasteiger partial charge in [0.15, 0.2) is 0 Å². The highest BCUT2D eigenvalue weighted by Gasteiger charge is 2.27. The van der Waals surface area contributed by atoms with Crippen LogP contribution in [0.15, 0.2) is 47.4 Å². The lowest BCUT2D eigenvalue weighted by molar-refractivity contribution is 0.0950. The minimum atomic E-state index is -3.61. The normalized spacial score (nSPS) is 15.5. The maximum atomic E-state index is 13.2. The molecule has 1 aliphatic heterocycles. The van der Waals surface area contributed by atoms with Crippen molar-refractivity contribution in [1.29, 1.82) is 0 Å². The molecule has 0 bridgehead atoms. The minimum Gasteiger partial charge on any atom is -0.491 e. The van der Waals surface area contributed by atoms with Crippen LogP contribution < -0.4 is 10.1 Å². The molecule has 2 aromatic carbocycles. The Labute approximate surface area is 185 Å². The van der Waals surface area contributed by atoms with E-state index >= 15 is 0 Å². The highest BCUT2D eigenvalue weighted by Crippen LogP contribution is 2.24. The molecule has 0 atom stereocenters. The Morgan fingerprint density at radius 3 is 2.29 bits per heavy atom. The van der Waals surface area contributed by atoms with E-state index in [0.29, 0.717) is 30.8 Å². The number of carbonyl (C=O) groups is 1. The number of hydrogen-bond donors (Lipinski definition) is 1. The Bertz CT molecular complexity index is 993. The van der Waals surface area contributed by atoms with Gasteiger partial charge in [-0.15, -0.1) is 0 Å². The number of nitrogens with one attached hydrogen (secondary N) is 1. The molecule has 0 aliphatic carbocycles. The van der Waals surface area contributed by atoms with E-state index in [-0.39, 0.29) is 16.9 Å². The van der Waals surface area contributed by atoms with Gasteiger partial charge in [-0.25, -0.2) is 8.42 Å². The van der Waals surface area contributed by atoms with Crippen LogP contribution in [-0.2, 0) is 16.6 Å². The molecule has 3 rings (SSSR count). The van der Waals surface area contributed by atoms with Crippen molar-refractivity contribution >= 4 is 15.9 Å². The van der Waals surface area contributed by atoms with Crippen molar-refractivity contribution < 1.29 is 17.9 Å². The number of amides is 1. The van der Waals surface area contributed by atoms with Crippen LogP contribution in [0.5, 0.6) is 5.75 Å². The quantitative estimate of drug-likeness (QED) is 0.692. The number of nitrogens with zero attached hydrogens (tertiary/aromatic N) is 1. The van der Waals surface area contributed by atoms with E-state index in [0.717, 1.165) is 37.0 Å². The maximum absolute atomic E-state index is 13.2. The van der Waals surface area contributed by atoms with Crippen molar-refractivity contribution in [2.45, 2.75) is 64.0 Å². The fourth-order valence-corrected chi connectivity index (χ4v) is 5.45. The Morgan fingerprint density at radius 1 is 1.03 bits per heavy atom. The smallest absolute Gasteiger partial charge is 0.251 e. The molecular weight excluding hydrogens is 412 g/mol. The lowest BCUT2D eigenvalue weighted by Gasteiger charge is -2.21. The van der Waals surface area contributed by atoms with Crippen LogP contribution >= 0.6 is 0 Å². The van der Waals surface area contributed by atoms with E-state index in [1.807, 2.05) is 38.1 Å². The second-order valence-electron chi connectivity index (χ2n) is 8.29. The Hall–Kier alpha value is -2.38. The zero-order chi connectivity index (χ0) is 22.4. The number of rotatable bonds is 7. The van der Waals surface area contributed by atoms with Gasteiger partial charge in [0.1, 0.15) is 5.75 Å². The fourth-order valence-electron chi connectivity index (χ4n) is 3.68. The molecule has 1 aliphatic rings. The Balaban J connectivity index is 1.71. The standard InChI is InChI=1S/C24H32N2O4S/c1-18(2)30-22-12-9-20(10-13-22)17-25-24(27)21-11-8-19(3)23(16-21)31(28,29)26-14-6-4-5-7-15-26/h8-13,16,18H,4-7,14-15,17H2,1-3H3,(H,25,27). The zero-order valence-corrected chi connectivity index (χ0v) is 19.4. The molecule has 0 unspecified atom stereocenters. The van der Waals surface area contributed by atoms with E-state index in [9.17, 15) is 13.2 Å². The molecule has 0 spiro atoms. The third-order valence-corrected chi connectivity index (χ3v) is 7.42. The van der Waals surface area contributed by atoms with Gasteiger partial charge in [0.05, 0.1) is 11.0 Å². The first-order valence-corrected chi connectivity index (χ1v) is 12.4. The summed E-state index contributed by atoms with van der Waals surface area (Å²) in [6.07, 6.45) is 3.96. The molecule has 2 aromatic rings. The number of aryl methyl sites for hydroxylation is 1. The number of hydrogen-bond acceptors (Lipinski definition) is 4. The summed E-state index contributed by atoms with van der Waals surface area (Å²) in [5.74, 6) is 0.488. The summed E-state index contributed by atoms with van der Waals surface area (Å²) in [6, 6.07) is 12.4. The largest absolute Gasteiger partial charge is 0.491 e. The van der Waals surface area contributed by atoms with Crippen molar-refractivity contribution in [3.63, 3.8) is 0 Å². The fraction of sp³-hybridized carbons (Fsp3) is 0.458. The van der Waals surface area contributed by atoms with Crippen LogP contribution in [0, 0.1) is 6.92 Å². The molecular formula is C24H32N2O4S. The summed E-state index contributed by atoms with van der Waals surface area (Å²) in [7, 11) is -3.61. The van der Waals surface area contributed by atoms with Gasteiger partial charge in [-0.3, -0.25) is 4.79 Å². The van der Waals surface area contributed by atoms with Gasteiger partial charge in [0, 0.05) is 25.2 Å². The van der Waals surface area contributed by atoms with Gasteiger partial charge in [-0.2, -0.15) is 4.31 Å². The van der Waals surface area contributed by atoms with Gasteiger partial charge < -0.3 is 10.1 Å². The molecule has 1 heterocycles. The molecule has 1 saturated heterocycles. The first-order valence-electron chi connectivity index (χ1n) is 10.9. The Kier molecular flexibility index (Phi) is 7.73. The molecule has 0 radical (unpaired) electrons. The van der Waals surface area contributed by atoms with E-state index in [1.54, 1.807) is 23.4 Å². The van der Waals surface area contributed by atoms with E-state index in [1.165, 1.54) is 6.07 Å². The van der Waals surface area contributed by atoms with Crippen LogP contribution in [0.2, 0.25) is 0 Å². The summed E-state index contributed by atoms with van der Waals surface area (Å²) in [6.45, 7) is 7.13. The molecule has 0 saturated carbocycles. The van der Waals surface area contributed by atoms with E-state index in [4.69, 9.17) is 4.74 Å². The van der Waals surface area contributed by atoms with Crippen molar-refractivity contribution in [2.75, 3.05) is 13.1 Å². The van der Waals surface area contributed by atoms with Gasteiger partial charge in [0.2, 0.25) is 10.0 Å². The average Bonchev–Trinajstić information content (AvgIpc) is 3.03. The molecule has 1 amide bonds. The summed E-state index contributed by atoms with van der Waals surface area (Å²) >= 11 is 0. The third kappa shape index (κ3) is 6.08. The molecule has 31 heavy (non-hydrogen) atoms. The van der Waals surface area contributed by atoms with Crippen LogP contribution in [0.1, 0.15) is 61.0 Å². The van der Waals surface area contributed by atoms with Crippen molar-refractivity contribution in [1.82, 2.24) is 9.62 Å². The number of benzene rings is 2. The predicted molar refractivity (Wildman–Crippen MR) is 122 cm³/mol. The van der Waals surface area contributed by atoms with Gasteiger partial charge >= 0.3 is 0 Å². The predicted octanol–water partition coefficient (Wildman–Crippen LogP) is 4.28. The lowest BCUT2D eigenvalue weighted by Crippen LogP contribution is -2.32. The van der Waals surface area contributed by atoms with Crippen LogP contribution in [-0.4, -0.2) is 37.8 Å². The van der Waals surface area contributed by atoms with E-state index < -0.39 is 10.0 Å². The molecule has 168 valence electrons. The highest BCUT2D eigenvalue weighted by molar-refractivity contribution is 7.89. The van der Waals surface area contributed by atoms with Gasteiger partial charge in [-0.05, 0) is 69.0 Å². The SMILES string of the molecule is Cc1ccc(C(=O)NCc2ccc(OC(C)C)cc2)cc1S(=O)(=O)N1CCCCCC1. The first kappa shape index (κ1) is 23.3.